The number of halogens is 2. The maximum atomic E-state index is 13.9. The van der Waals surface area contributed by atoms with Gasteiger partial charge in [-0.2, -0.15) is 4.98 Å². The Morgan fingerprint density at radius 1 is 1.50 bits per heavy atom. The van der Waals surface area contributed by atoms with Crippen molar-refractivity contribution in [2.75, 3.05) is 27.2 Å². The van der Waals surface area contributed by atoms with E-state index in [4.69, 9.17) is 4.52 Å². The van der Waals surface area contributed by atoms with Gasteiger partial charge in [0.1, 0.15) is 6.04 Å². The zero-order valence-corrected chi connectivity index (χ0v) is 13.3. The quantitative estimate of drug-likeness (QED) is 0.844. The first-order valence-corrected chi connectivity index (χ1v) is 7.42. The van der Waals surface area contributed by atoms with Gasteiger partial charge in [0.15, 0.2) is 0 Å². The fraction of sp³-hybridized carbons (Fsp3) is 0.467. The number of hydrogen-bond donors (Lipinski definition) is 0. The average Bonchev–Trinajstić information content (AvgIpc) is 3.11. The predicted octanol–water partition coefficient (Wildman–Crippen LogP) is 1.60. The molecule has 1 aliphatic rings. The summed E-state index contributed by atoms with van der Waals surface area (Å²) in [5.41, 5.74) is 0.614. The van der Waals surface area contributed by atoms with Crippen LogP contribution < -0.4 is 0 Å². The highest BCUT2D eigenvalue weighted by molar-refractivity contribution is 5.79. The molecule has 0 N–H and O–H groups in total. The summed E-state index contributed by atoms with van der Waals surface area (Å²) >= 11 is 0. The van der Waals surface area contributed by atoms with E-state index in [9.17, 15) is 13.6 Å². The molecule has 0 aromatic carbocycles. The molecule has 0 spiro atoms. The molecule has 1 saturated heterocycles. The van der Waals surface area contributed by atoms with Crippen LogP contribution in [-0.4, -0.2) is 63.9 Å². The van der Waals surface area contributed by atoms with Gasteiger partial charge in [0, 0.05) is 24.4 Å². The Morgan fingerprint density at radius 2 is 2.29 bits per heavy atom. The van der Waals surface area contributed by atoms with Crippen LogP contribution in [0.4, 0.5) is 8.78 Å². The van der Waals surface area contributed by atoms with Crippen LogP contribution >= 0.6 is 0 Å². The lowest BCUT2D eigenvalue weighted by Crippen LogP contribution is -2.38. The molecule has 1 amide bonds. The summed E-state index contributed by atoms with van der Waals surface area (Å²) in [4.78, 5) is 23.1. The second-order valence-corrected chi connectivity index (χ2v) is 6.03. The molecule has 2 aromatic rings. The highest BCUT2D eigenvalue weighted by atomic mass is 19.3. The number of likely N-dealkylation sites (tertiary alicyclic amines) is 1. The van der Waals surface area contributed by atoms with Crippen LogP contribution in [0.15, 0.2) is 29.0 Å². The number of alkyl halides is 2. The lowest BCUT2D eigenvalue weighted by molar-refractivity contribution is -0.134. The number of nitrogens with zero attached hydrogens (tertiary/aromatic N) is 5. The summed E-state index contributed by atoms with van der Waals surface area (Å²) in [6.45, 7) is -0.606. The van der Waals surface area contributed by atoms with E-state index in [2.05, 4.69) is 15.1 Å². The van der Waals surface area contributed by atoms with Crippen molar-refractivity contribution in [3.05, 3.63) is 30.4 Å². The number of carbonyl (C=O) groups excluding carboxylic acids is 1. The first-order chi connectivity index (χ1) is 11.4. The van der Waals surface area contributed by atoms with Crippen molar-refractivity contribution in [1.82, 2.24) is 24.9 Å². The smallest absolute Gasteiger partial charge is 0.267 e. The molecule has 1 fully saturated rings. The van der Waals surface area contributed by atoms with Crippen LogP contribution in [0.3, 0.4) is 0 Å². The van der Waals surface area contributed by atoms with E-state index in [-0.39, 0.29) is 18.3 Å². The highest BCUT2D eigenvalue weighted by Gasteiger charge is 2.49. The van der Waals surface area contributed by atoms with Gasteiger partial charge in [0.2, 0.25) is 17.6 Å². The normalized spacial score (nSPS) is 19.9. The maximum Gasteiger partial charge on any atom is 0.267 e. The molecule has 0 bridgehead atoms. The number of rotatable bonds is 4. The zero-order valence-electron chi connectivity index (χ0n) is 13.3. The molecule has 3 heterocycles. The molecule has 128 valence electrons. The van der Waals surface area contributed by atoms with Gasteiger partial charge in [0.05, 0.1) is 13.1 Å². The van der Waals surface area contributed by atoms with Crippen LogP contribution in [0, 0.1) is 0 Å². The monoisotopic (exact) mass is 337 g/mol. The standard InChI is InChI=1S/C15H17F2N5O2/c1-21(2)8-12(23)22-9-15(16,17)6-11(22)14-19-13(20-24-14)10-4-3-5-18-7-10/h3-5,7,11H,6,8-9H2,1-2H3/t11-/m0/s1. The van der Waals surface area contributed by atoms with Crippen LogP contribution in [-0.2, 0) is 4.79 Å². The van der Waals surface area contributed by atoms with E-state index in [1.54, 1.807) is 43.5 Å². The molecule has 24 heavy (non-hydrogen) atoms. The first-order valence-electron chi connectivity index (χ1n) is 7.42. The third-order valence-electron chi connectivity index (χ3n) is 3.69. The zero-order chi connectivity index (χ0) is 17.3. The fourth-order valence-electron chi connectivity index (χ4n) is 2.64. The van der Waals surface area contributed by atoms with E-state index in [0.29, 0.717) is 5.56 Å². The molecule has 0 aliphatic carbocycles. The Hall–Kier alpha value is -2.42. The molecule has 2 aromatic heterocycles. The van der Waals surface area contributed by atoms with Crippen LogP contribution in [0.1, 0.15) is 18.4 Å². The minimum atomic E-state index is -2.98. The molecule has 0 unspecified atom stereocenters. The van der Waals surface area contributed by atoms with Gasteiger partial charge in [-0.15, -0.1) is 0 Å². The number of hydrogen-bond acceptors (Lipinski definition) is 6. The third kappa shape index (κ3) is 3.40. The summed E-state index contributed by atoms with van der Waals surface area (Å²) < 4.78 is 32.9. The SMILES string of the molecule is CN(C)CC(=O)N1CC(F)(F)C[C@H]1c1nc(-c2cccnc2)no1. The first kappa shape index (κ1) is 16.4. The van der Waals surface area contributed by atoms with E-state index in [0.717, 1.165) is 4.90 Å². The van der Waals surface area contributed by atoms with Crippen LogP contribution in [0.25, 0.3) is 11.4 Å². The summed E-state index contributed by atoms with van der Waals surface area (Å²) in [5.74, 6) is -3.11. The van der Waals surface area contributed by atoms with Gasteiger partial charge in [-0.3, -0.25) is 9.78 Å². The van der Waals surface area contributed by atoms with Gasteiger partial charge in [-0.05, 0) is 26.2 Å². The van der Waals surface area contributed by atoms with Crippen molar-refractivity contribution in [1.29, 1.82) is 0 Å². The van der Waals surface area contributed by atoms with Gasteiger partial charge < -0.3 is 14.3 Å². The van der Waals surface area contributed by atoms with Gasteiger partial charge in [-0.25, -0.2) is 8.78 Å². The highest BCUT2D eigenvalue weighted by Crippen LogP contribution is 2.40. The Labute approximate surface area is 137 Å². The minimum Gasteiger partial charge on any atom is -0.337 e. The summed E-state index contributed by atoms with van der Waals surface area (Å²) in [7, 11) is 3.41. The van der Waals surface area contributed by atoms with Crippen LogP contribution in [0.2, 0.25) is 0 Å². The summed E-state index contributed by atoms with van der Waals surface area (Å²) in [6.07, 6.45) is 2.62. The number of carbonyl (C=O) groups is 1. The molecule has 7 nitrogen and oxygen atoms in total. The van der Waals surface area contributed by atoms with Crippen LogP contribution in [0.5, 0.6) is 0 Å². The second kappa shape index (κ2) is 6.23. The third-order valence-corrected chi connectivity index (χ3v) is 3.69. The van der Waals surface area contributed by atoms with Crippen molar-refractivity contribution in [3.8, 4) is 11.4 Å². The lowest BCUT2D eigenvalue weighted by Gasteiger charge is -2.22. The van der Waals surface area contributed by atoms with Crippen molar-refractivity contribution in [2.45, 2.75) is 18.4 Å². The minimum absolute atomic E-state index is 0.0122. The Morgan fingerprint density at radius 3 is 2.96 bits per heavy atom. The fourth-order valence-corrected chi connectivity index (χ4v) is 2.64. The molecule has 0 radical (unpaired) electrons. The van der Waals surface area contributed by atoms with Crippen molar-refractivity contribution < 1.29 is 18.1 Å². The molecule has 9 heteroatoms. The largest absolute Gasteiger partial charge is 0.337 e. The topological polar surface area (TPSA) is 75.4 Å². The van der Waals surface area contributed by atoms with Crippen molar-refractivity contribution in [2.24, 2.45) is 0 Å². The van der Waals surface area contributed by atoms with Crippen molar-refractivity contribution >= 4 is 5.91 Å². The number of aromatic nitrogens is 3. The predicted molar refractivity (Wildman–Crippen MR) is 80.1 cm³/mol. The summed E-state index contributed by atoms with van der Waals surface area (Å²) in [5, 5.41) is 3.81. The number of pyridine rings is 1. The maximum absolute atomic E-state index is 13.9. The van der Waals surface area contributed by atoms with Gasteiger partial charge in [0.25, 0.3) is 5.92 Å². The number of likely N-dealkylation sites (N-methyl/N-ethyl adjacent to an activating group) is 1. The Kier molecular flexibility index (Phi) is 4.27. The molecule has 1 atom stereocenters. The van der Waals surface area contributed by atoms with E-state index in [1.165, 1.54) is 0 Å². The lowest BCUT2D eigenvalue weighted by atomic mass is 10.2. The molecular weight excluding hydrogens is 320 g/mol. The van der Waals surface area contributed by atoms with E-state index in [1.807, 2.05) is 0 Å². The Balaban J connectivity index is 1.86. The van der Waals surface area contributed by atoms with Gasteiger partial charge in [-0.1, -0.05) is 5.16 Å². The van der Waals surface area contributed by atoms with E-state index < -0.39 is 30.8 Å². The second-order valence-electron chi connectivity index (χ2n) is 6.03. The Bertz CT molecular complexity index is 720. The van der Waals surface area contributed by atoms with E-state index >= 15 is 0 Å². The van der Waals surface area contributed by atoms with Gasteiger partial charge >= 0.3 is 0 Å². The summed E-state index contributed by atoms with van der Waals surface area (Å²) in [6, 6.07) is 2.52. The van der Waals surface area contributed by atoms with Crippen molar-refractivity contribution in [3.63, 3.8) is 0 Å². The molecule has 3 rings (SSSR count). The average molecular weight is 337 g/mol. The number of amides is 1. The molecule has 1 aliphatic heterocycles. The molecule has 0 saturated carbocycles. The molecular formula is C15H17F2N5O2.